The molecule has 0 radical (unpaired) electrons. The van der Waals surface area contributed by atoms with Gasteiger partial charge in [0.25, 0.3) is 0 Å². The molecule has 6 N–H and O–H groups in total. The van der Waals surface area contributed by atoms with Gasteiger partial charge in [-0.3, -0.25) is 0 Å². The van der Waals surface area contributed by atoms with Gasteiger partial charge in [-0.15, -0.1) is 0 Å². The fourth-order valence-electron chi connectivity index (χ4n) is 1.33. The molecule has 1 aromatic carbocycles. The standard InChI is InChI=1S/C8H8Cl3N3O4S2/c9-7(8(10)11)3-1-4(12)6(20(14,17)18)2-5(3)19(13,15)16/h1-2H,12H2,(H2,13,15,16)(H2,14,17,18)/i1+1,2+1,3+1,4+1,5+1,6+1. The molecule has 0 fully saturated rings. The van der Waals surface area contributed by atoms with Gasteiger partial charge in [-0.2, -0.15) is 0 Å². The Morgan fingerprint density at radius 3 is 1.70 bits per heavy atom. The first kappa shape index (κ1) is 17.5. The zero-order valence-corrected chi connectivity index (χ0v) is 13.4. The van der Waals surface area contributed by atoms with E-state index in [0.29, 0.717) is 6.07 Å². The van der Waals surface area contributed by atoms with E-state index in [2.05, 4.69) is 0 Å². The van der Waals surface area contributed by atoms with E-state index >= 15 is 0 Å². The summed E-state index contributed by atoms with van der Waals surface area (Å²) in [4.78, 5) is -1.24. The molecule has 7 nitrogen and oxygen atoms in total. The molecular weight excluding hydrogens is 379 g/mol. The molecule has 0 saturated heterocycles. The second kappa shape index (κ2) is 5.68. The van der Waals surface area contributed by atoms with Crippen LogP contribution in [-0.2, 0) is 20.0 Å². The van der Waals surface area contributed by atoms with Crippen molar-refractivity contribution < 1.29 is 16.8 Å². The molecule has 0 saturated carbocycles. The normalized spacial score (nSPS) is 12.2. The van der Waals surface area contributed by atoms with Crippen molar-refractivity contribution in [2.24, 2.45) is 10.3 Å². The molecule has 0 aliphatic carbocycles. The van der Waals surface area contributed by atoms with E-state index in [1.165, 1.54) is 0 Å². The highest BCUT2D eigenvalue weighted by Crippen LogP contribution is 2.35. The quantitative estimate of drug-likeness (QED) is 0.661. The Hall–Kier alpha value is -0.550. The minimum atomic E-state index is -4.32. The second-order valence-corrected chi connectivity index (χ2v) is 7.94. The highest BCUT2D eigenvalue weighted by molar-refractivity contribution is 7.90. The zero-order valence-electron chi connectivity index (χ0n) is 9.47. The van der Waals surface area contributed by atoms with E-state index in [9.17, 15) is 16.8 Å². The van der Waals surface area contributed by atoms with E-state index in [1.807, 2.05) is 0 Å². The number of nitrogen functional groups attached to an aromatic ring is 1. The molecule has 0 unspecified atom stereocenters. The zero-order chi connectivity index (χ0) is 15.9. The fraction of sp³-hybridized carbons (Fsp3) is 0. The van der Waals surface area contributed by atoms with Crippen LogP contribution in [0.4, 0.5) is 5.69 Å². The minimum absolute atomic E-state index is 0.237. The first-order chi connectivity index (χ1) is 8.85. The third-order valence-corrected chi connectivity index (χ3v) is 5.01. The van der Waals surface area contributed by atoms with Gasteiger partial charge >= 0.3 is 0 Å². The van der Waals surface area contributed by atoms with Crippen LogP contribution >= 0.6 is 34.8 Å². The average Bonchev–Trinajstić information content (AvgIpc) is 2.23. The Kier molecular flexibility index (Phi) is 4.97. The predicted octanol–water partition coefficient (Wildman–Crippen LogP) is 0.906. The highest BCUT2D eigenvalue weighted by atomic mass is 35.5. The summed E-state index contributed by atoms with van der Waals surface area (Å²) in [6, 6.07) is 1.64. The van der Waals surface area contributed by atoms with Gasteiger partial charge in [0.15, 0.2) is 0 Å². The smallest absolute Gasteiger partial charge is 0.240 e. The number of hydrogen-bond donors (Lipinski definition) is 3. The molecule has 1 aromatic rings. The van der Waals surface area contributed by atoms with Crippen molar-refractivity contribution in [2.45, 2.75) is 9.79 Å². The number of sulfonamides is 2. The maximum atomic E-state index is 11.5. The Morgan fingerprint density at radius 1 is 0.900 bits per heavy atom. The Bertz CT molecular complexity index is 799. The Morgan fingerprint density at radius 2 is 1.35 bits per heavy atom. The summed E-state index contributed by atoms with van der Waals surface area (Å²) < 4.78 is 45.2. The van der Waals surface area contributed by atoms with Gasteiger partial charge in [0, 0.05) is 5.56 Å². The molecule has 1 rings (SSSR count). The number of benzene rings is 1. The molecule has 0 bridgehead atoms. The number of rotatable bonds is 3. The minimum Gasteiger partial charge on any atom is -0.398 e. The summed E-state index contributed by atoms with van der Waals surface area (Å²) in [6.45, 7) is 0. The van der Waals surface area contributed by atoms with Crippen LogP contribution in [0.3, 0.4) is 0 Å². The maximum Gasteiger partial charge on any atom is 0.240 e. The van der Waals surface area contributed by atoms with E-state index in [-0.39, 0.29) is 16.3 Å². The van der Waals surface area contributed by atoms with Crippen LogP contribution < -0.4 is 16.0 Å². The molecule has 0 aliphatic rings. The lowest BCUT2D eigenvalue weighted by molar-refractivity contribution is 0.596. The number of hydrogen-bond acceptors (Lipinski definition) is 5. The molecule has 0 spiro atoms. The van der Waals surface area contributed by atoms with Crippen molar-refractivity contribution in [1.82, 2.24) is 0 Å². The molecule has 0 heterocycles. The maximum absolute atomic E-state index is 11.5. The molecule has 0 aliphatic heterocycles. The lowest BCUT2D eigenvalue weighted by Crippen LogP contribution is -2.19. The van der Waals surface area contributed by atoms with Crippen molar-refractivity contribution in [3.8, 4) is 0 Å². The summed E-state index contributed by atoms with van der Waals surface area (Å²) in [5, 5.41) is 9.54. The number of nitrogens with two attached hydrogens (primary N) is 3. The highest BCUT2D eigenvalue weighted by Gasteiger charge is 2.24. The van der Waals surface area contributed by atoms with Gasteiger partial charge in [0.2, 0.25) is 20.0 Å². The fourth-order valence-corrected chi connectivity index (χ4v) is 3.24. The van der Waals surface area contributed by atoms with Gasteiger partial charge in [0.1, 0.15) is 9.39 Å². The van der Waals surface area contributed by atoms with Crippen molar-refractivity contribution in [3.63, 3.8) is 0 Å². The van der Waals surface area contributed by atoms with Crippen molar-refractivity contribution in [2.75, 3.05) is 5.73 Å². The summed E-state index contributed by atoms with van der Waals surface area (Å²) in [7, 11) is -8.57. The summed E-state index contributed by atoms with van der Waals surface area (Å²) in [5.74, 6) is 0. The third-order valence-electron chi connectivity index (χ3n) is 2.13. The van der Waals surface area contributed by atoms with E-state index < -0.39 is 34.3 Å². The van der Waals surface area contributed by atoms with E-state index in [0.717, 1.165) is 6.07 Å². The van der Waals surface area contributed by atoms with Gasteiger partial charge in [-0.05, 0) is 12.1 Å². The van der Waals surface area contributed by atoms with Gasteiger partial charge < -0.3 is 5.73 Å². The van der Waals surface area contributed by atoms with Crippen molar-refractivity contribution in [1.29, 1.82) is 0 Å². The third kappa shape index (κ3) is 3.76. The molecule has 12 heteroatoms. The van der Waals surface area contributed by atoms with Crippen LogP contribution in [-0.4, -0.2) is 16.8 Å². The van der Waals surface area contributed by atoms with Gasteiger partial charge in [0.05, 0.1) is 15.6 Å². The van der Waals surface area contributed by atoms with Gasteiger partial charge in [-0.25, -0.2) is 27.1 Å². The average molecular weight is 387 g/mol. The monoisotopic (exact) mass is 385 g/mol. The molecule has 112 valence electrons. The number of anilines is 1. The van der Waals surface area contributed by atoms with Crippen LogP contribution in [0.5, 0.6) is 0 Å². The van der Waals surface area contributed by atoms with Crippen LogP contribution in [0.25, 0.3) is 5.03 Å². The molecule has 0 atom stereocenters. The predicted molar refractivity (Wildman–Crippen MR) is 78.1 cm³/mol. The first-order valence-corrected chi connectivity index (χ1v) is 8.78. The van der Waals surface area contributed by atoms with Crippen molar-refractivity contribution >= 4 is 65.6 Å². The molecule has 0 amide bonds. The summed E-state index contributed by atoms with van der Waals surface area (Å²) in [6.07, 6.45) is 0. The van der Waals surface area contributed by atoms with Crippen LogP contribution in [0.1, 0.15) is 5.56 Å². The van der Waals surface area contributed by atoms with Crippen molar-refractivity contribution in [3.05, 3.63) is 22.2 Å². The SMILES string of the molecule is N[13c]1[13cH][13c](C(Cl)=C(Cl)Cl)[13c](S(N)(=O)=O)[13cH][13c]1S(N)(=O)=O. The first-order valence-electron chi connectivity index (χ1n) is 4.56. The number of halogens is 3. The molecular formula is C8H8Cl3N3O4S2. The van der Waals surface area contributed by atoms with Crippen LogP contribution in [0.15, 0.2) is 26.4 Å². The Balaban J connectivity index is 3.91. The summed E-state index contributed by atoms with van der Waals surface area (Å²) in [5.41, 5.74) is 4.93. The number of primary sulfonamides is 2. The largest absolute Gasteiger partial charge is 0.398 e. The van der Waals surface area contributed by atoms with Crippen LogP contribution in [0, 0.1) is 0 Å². The summed E-state index contributed by atoms with van der Waals surface area (Å²) >= 11 is 16.7. The topological polar surface area (TPSA) is 146 Å². The van der Waals surface area contributed by atoms with Gasteiger partial charge in [-0.1, -0.05) is 34.8 Å². The molecule has 20 heavy (non-hydrogen) atoms. The Labute approximate surface area is 130 Å². The lowest BCUT2D eigenvalue weighted by Gasteiger charge is -2.11. The second-order valence-electron chi connectivity index (χ2n) is 3.55. The molecule has 0 aromatic heterocycles. The lowest BCUT2D eigenvalue weighted by atomic mass is 10.8. The van der Waals surface area contributed by atoms with Crippen LogP contribution in [0.2, 0.25) is 0 Å². The van der Waals surface area contributed by atoms with E-state index in [4.69, 9.17) is 50.8 Å². The van der Waals surface area contributed by atoms with E-state index in [1.54, 1.807) is 0 Å².